The van der Waals surface area contributed by atoms with E-state index < -0.39 is 0 Å². The van der Waals surface area contributed by atoms with E-state index >= 15 is 0 Å². The van der Waals surface area contributed by atoms with E-state index in [0.717, 1.165) is 11.5 Å². The second kappa shape index (κ2) is 6.48. The summed E-state index contributed by atoms with van der Waals surface area (Å²) >= 11 is 7.20. The van der Waals surface area contributed by atoms with E-state index in [0.29, 0.717) is 27.1 Å². The number of carbonyl (C=O) groups is 1. The number of nitrogens with zero attached hydrogens (tertiary/aromatic N) is 2. The van der Waals surface area contributed by atoms with E-state index in [1.165, 1.54) is 0 Å². The fourth-order valence-electron chi connectivity index (χ4n) is 1.42. The summed E-state index contributed by atoms with van der Waals surface area (Å²) in [4.78, 5) is 16.1. The predicted molar refractivity (Wildman–Crippen MR) is 80.0 cm³/mol. The number of carbonyl (C=O) groups excluding carboxylic acids is 1. The number of nitrogens with one attached hydrogen (secondary N) is 1. The van der Waals surface area contributed by atoms with E-state index in [2.05, 4.69) is 26.5 Å². The summed E-state index contributed by atoms with van der Waals surface area (Å²) in [6.45, 7) is 2.02. The molecule has 2 aromatic rings. The summed E-state index contributed by atoms with van der Waals surface area (Å²) in [6.07, 6.45) is 0. The Hall–Kier alpha value is -1.94. The van der Waals surface area contributed by atoms with Crippen molar-refractivity contribution >= 4 is 34.2 Å². The van der Waals surface area contributed by atoms with Crippen molar-refractivity contribution in [3.8, 4) is 11.8 Å². The molecule has 5 nitrogen and oxygen atoms in total. The first-order valence-electron chi connectivity index (χ1n) is 5.70. The zero-order valence-electron chi connectivity index (χ0n) is 10.6. The molecule has 0 aliphatic heterocycles. The van der Waals surface area contributed by atoms with Gasteiger partial charge in [0.15, 0.2) is 0 Å². The summed E-state index contributed by atoms with van der Waals surface area (Å²) in [5, 5.41) is 3.52. The monoisotopic (exact) mass is 306 g/mol. The molecule has 0 unspecified atom stereocenters. The number of aryl methyl sites for hydroxylation is 1. The Morgan fingerprint density at radius 2 is 2.35 bits per heavy atom. The predicted octanol–water partition coefficient (Wildman–Crippen LogP) is 2.06. The van der Waals surface area contributed by atoms with Crippen LogP contribution in [0.5, 0.6) is 0 Å². The minimum Gasteiger partial charge on any atom is -0.320 e. The molecule has 0 saturated carbocycles. The molecule has 0 saturated heterocycles. The fourth-order valence-corrected chi connectivity index (χ4v) is 2.22. The highest BCUT2D eigenvalue weighted by Crippen LogP contribution is 2.18. The van der Waals surface area contributed by atoms with Gasteiger partial charge in [-0.25, -0.2) is 4.98 Å². The van der Waals surface area contributed by atoms with Crippen LogP contribution in [0.1, 0.15) is 21.7 Å². The quantitative estimate of drug-likeness (QED) is 0.832. The SMILES string of the molecule is Cc1nsc(NC(=O)c2ccc(C#CCN)c(Cl)c2)n1. The number of halogens is 1. The van der Waals surface area contributed by atoms with Crippen molar-refractivity contribution in [1.82, 2.24) is 9.36 Å². The lowest BCUT2D eigenvalue weighted by Crippen LogP contribution is -2.11. The highest BCUT2D eigenvalue weighted by Gasteiger charge is 2.10. The normalized spacial score (nSPS) is 9.75. The van der Waals surface area contributed by atoms with Crippen LogP contribution in [0.2, 0.25) is 5.02 Å². The average molecular weight is 307 g/mol. The van der Waals surface area contributed by atoms with Gasteiger partial charge >= 0.3 is 0 Å². The van der Waals surface area contributed by atoms with Gasteiger partial charge in [0.05, 0.1) is 11.6 Å². The first-order chi connectivity index (χ1) is 9.60. The summed E-state index contributed by atoms with van der Waals surface area (Å²) in [7, 11) is 0. The molecule has 102 valence electrons. The van der Waals surface area contributed by atoms with E-state index in [1.54, 1.807) is 25.1 Å². The Labute approximate surface area is 125 Å². The van der Waals surface area contributed by atoms with Crippen LogP contribution in [0.25, 0.3) is 0 Å². The molecule has 0 bridgehead atoms. The van der Waals surface area contributed by atoms with Gasteiger partial charge in [0.25, 0.3) is 5.91 Å². The van der Waals surface area contributed by atoms with Crippen LogP contribution in [0.3, 0.4) is 0 Å². The van der Waals surface area contributed by atoms with Crippen LogP contribution in [0.4, 0.5) is 5.13 Å². The molecular weight excluding hydrogens is 296 g/mol. The van der Waals surface area contributed by atoms with Crippen molar-refractivity contribution in [3.05, 3.63) is 40.2 Å². The highest BCUT2D eigenvalue weighted by molar-refractivity contribution is 7.09. The third-order valence-corrected chi connectivity index (χ3v) is 3.34. The van der Waals surface area contributed by atoms with Gasteiger partial charge in [-0.15, -0.1) is 0 Å². The number of amides is 1. The van der Waals surface area contributed by atoms with E-state index in [9.17, 15) is 4.79 Å². The third-order valence-electron chi connectivity index (χ3n) is 2.30. The molecule has 3 N–H and O–H groups in total. The molecule has 0 radical (unpaired) electrons. The number of hydrogen-bond acceptors (Lipinski definition) is 5. The molecule has 20 heavy (non-hydrogen) atoms. The fraction of sp³-hybridized carbons (Fsp3) is 0.154. The van der Waals surface area contributed by atoms with Gasteiger partial charge < -0.3 is 5.73 Å². The van der Waals surface area contributed by atoms with Crippen molar-refractivity contribution in [3.63, 3.8) is 0 Å². The van der Waals surface area contributed by atoms with E-state index in [4.69, 9.17) is 17.3 Å². The first-order valence-corrected chi connectivity index (χ1v) is 6.85. The highest BCUT2D eigenvalue weighted by atomic mass is 35.5. The molecule has 0 spiro atoms. The van der Waals surface area contributed by atoms with Crippen molar-refractivity contribution in [2.24, 2.45) is 5.73 Å². The summed E-state index contributed by atoms with van der Waals surface area (Å²) in [6, 6.07) is 4.90. The van der Waals surface area contributed by atoms with Crippen LogP contribution < -0.4 is 11.1 Å². The number of rotatable bonds is 2. The number of benzene rings is 1. The van der Waals surface area contributed by atoms with Crippen molar-refractivity contribution in [2.75, 3.05) is 11.9 Å². The topological polar surface area (TPSA) is 80.9 Å². The molecule has 0 fully saturated rings. The molecule has 0 aliphatic carbocycles. The minimum absolute atomic E-state index is 0.259. The van der Waals surface area contributed by atoms with Crippen molar-refractivity contribution in [1.29, 1.82) is 0 Å². The van der Waals surface area contributed by atoms with Gasteiger partial charge in [0.1, 0.15) is 5.82 Å². The van der Waals surface area contributed by atoms with Gasteiger partial charge in [-0.1, -0.05) is 23.4 Å². The third kappa shape index (κ3) is 3.54. The van der Waals surface area contributed by atoms with Crippen molar-refractivity contribution in [2.45, 2.75) is 6.92 Å². The maximum atomic E-state index is 12.0. The second-order valence-electron chi connectivity index (χ2n) is 3.80. The van der Waals surface area contributed by atoms with Crippen LogP contribution >= 0.6 is 23.1 Å². The lowest BCUT2D eigenvalue weighted by molar-refractivity contribution is 0.102. The first kappa shape index (κ1) is 14.5. The zero-order chi connectivity index (χ0) is 14.5. The maximum absolute atomic E-state index is 12.0. The minimum atomic E-state index is -0.290. The largest absolute Gasteiger partial charge is 0.320 e. The number of hydrogen-bond donors (Lipinski definition) is 2. The smallest absolute Gasteiger partial charge is 0.257 e. The van der Waals surface area contributed by atoms with E-state index in [1.807, 2.05) is 0 Å². The van der Waals surface area contributed by atoms with Gasteiger partial charge in [-0.05, 0) is 25.1 Å². The van der Waals surface area contributed by atoms with Crippen molar-refractivity contribution < 1.29 is 4.79 Å². The Morgan fingerprint density at radius 1 is 1.55 bits per heavy atom. The molecule has 1 aromatic heterocycles. The van der Waals surface area contributed by atoms with E-state index in [-0.39, 0.29) is 12.5 Å². The molecular formula is C13H11ClN4OS. The van der Waals surface area contributed by atoms with Crippen LogP contribution in [0.15, 0.2) is 18.2 Å². The standard InChI is InChI=1S/C13H11ClN4OS/c1-8-16-13(20-18-8)17-12(19)10-5-4-9(3-2-6-15)11(14)7-10/h4-5,7H,6,15H2,1H3,(H,16,17,18,19). The summed E-state index contributed by atoms with van der Waals surface area (Å²) in [5.74, 6) is 5.88. The Morgan fingerprint density at radius 3 is 2.95 bits per heavy atom. The number of anilines is 1. The van der Waals surface area contributed by atoms with Gasteiger partial charge in [0, 0.05) is 22.7 Å². The molecule has 0 aliphatic rings. The molecule has 0 atom stereocenters. The number of aromatic nitrogens is 2. The summed E-state index contributed by atoms with van der Waals surface area (Å²) in [5.41, 5.74) is 6.37. The number of nitrogens with two attached hydrogens (primary N) is 1. The lowest BCUT2D eigenvalue weighted by Gasteiger charge is -2.03. The second-order valence-corrected chi connectivity index (χ2v) is 4.96. The zero-order valence-corrected chi connectivity index (χ0v) is 12.2. The maximum Gasteiger partial charge on any atom is 0.257 e. The Balaban J connectivity index is 2.16. The van der Waals surface area contributed by atoms with Crippen LogP contribution in [-0.2, 0) is 0 Å². The molecule has 1 heterocycles. The van der Waals surface area contributed by atoms with Gasteiger partial charge in [-0.2, -0.15) is 4.37 Å². The average Bonchev–Trinajstić information content (AvgIpc) is 2.82. The molecule has 7 heteroatoms. The van der Waals surface area contributed by atoms with Gasteiger partial charge in [-0.3, -0.25) is 10.1 Å². The molecule has 2 rings (SSSR count). The Bertz CT molecular complexity index is 702. The van der Waals surface area contributed by atoms with Gasteiger partial charge in [0.2, 0.25) is 5.13 Å². The van der Waals surface area contributed by atoms with Crippen LogP contribution in [0, 0.1) is 18.8 Å². The lowest BCUT2D eigenvalue weighted by atomic mass is 10.1. The summed E-state index contributed by atoms with van der Waals surface area (Å²) < 4.78 is 3.99. The Kier molecular flexibility index (Phi) is 4.69. The molecule has 1 aromatic carbocycles. The van der Waals surface area contributed by atoms with Crippen LogP contribution in [-0.4, -0.2) is 21.8 Å². The molecule has 1 amide bonds.